The summed E-state index contributed by atoms with van der Waals surface area (Å²) in [7, 11) is -18.4. The van der Waals surface area contributed by atoms with Crippen LogP contribution in [0.15, 0.2) is 12.6 Å². The molecule has 6 atom stereocenters. The fraction of sp³-hybridized carbons (Fsp3) is 0.500. The molecule has 0 saturated carbocycles. The van der Waals surface area contributed by atoms with Crippen molar-refractivity contribution in [3.05, 3.63) is 12.6 Å². The number of nitrogens with two attached hydrogens (primary N) is 1. The first-order chi connectivity index (χ1) is 19.7. The number of hydrogen-bond acceptors (Lipinski definition) is 14. The Balaban J connectivity index is 2.21. The molecule has 3 heterocycles. The molecule has 0 aromatic carbocycles. The van der Waals surface area contributed by atoms with Crippen LogP contribution in [0.5, 0.6) is 0 Å². The summed E-state index contributed by atoms with van der Waals surface area (Å²) in [4.78, 5) is 35.6. The predicted octanol–water partition coefficient (Wildman–Crippen LogP) is -0.600. The Hall–Kier alpha value is -1.32. The first kappa shape index (κ1) is 11.0. The third-order valence-electron chi connectivity index (χ3n) is 2.70. The van der Waals surface area contributed by atoms with Crippen molar-refractivity contribution in [3.8, 4) is 0 Å². The molecule has 7 N–H and O–H groups in total. The van der Waals surface area contributed by atoms with Crippen LogP contribution in [0.4, 0.5) is 5.82 Å². The van der Waals surface area contributed by atoms with Gasteiger partial charge in [0.1, 0.15) is 26.8 Å². The van der Waals surface area contributed by atoms with Crippen LogP contribution in [0.25, 0.3) is 11.2 Å². The largest absolute Gasteiger partial charge is 0.490 e. The Kier molecular flexibility index (Phi) is 3.05. The van der Waals surface area contributed by atoms with Crippen molar-refractivity contribution >= 4 is 40.4 Å². The van der Waals surface area contributed by atoms with E-state index in [-0.39, 0.29) is 10.3 Å². The van der Waals surface area contributed by atoms with Gasteiger partial charge in [0, 0.05) is 9.11 Å². The van der Waals surface area contributed by atoms with E-state index in [1.807, 2.05) is 0 Å². The summed E-state index contributed by atoms with van der Waals surface area (Å²) in [6, 6.07) is 0. The van der Waals surface area contributed by atoms with Crippen molar-refractivity contribution in [2.24, 2.45) is 0 Å². The molecule has 1 aliphatic heterocycles. The lowest BCUT2D eigenvalue weighted by Crippen LogP contribution is -2.26. The Morgan fingerprint density at radius 2 is 2.23 bits per heavy atom. The van der Waals surface area contributed by atoms with Crippen molar-refractivity contribution in [3.63, 3.8) is 0 Å². The van der Waals surface area contributed by atoms with Gasteiger partial charge in [0.05, 0.1) is 25.8 Å². The normalized spacial score (nSPS) is 44.1. The zero-order valence-electron chi connectivity index (χ0n) is 27.6. The number of aromatic nitrogens is 4. The molecule has 0 amide bonds. The van der Waals surface area contributed by atoms with Gasteiger partial charge in [-0.3, -0.25) is 9.09 Å². The summed E-state index contributed by atoms with van der Waals surface area (Å²) in [5.74, 6) is -0.802. The minimum atomic E-state index is -6.35. The topological polar surface area (TPSA) is 259 Å². The van der Waals surface area contributed by atoms with Crippen molar-refractivity contribution in [1.82, 2.24) is 19.5 Å². The van der Waals surface area contributed by atoms with Crippen LogP contribution in [0.3, 0.4) is 0 Å². The highest BCUT2D eigenvalue weighted by molar-refractivity contribution is 7.66. The Labute approximate surface area is 186 Å². The summed E-state index contributed by atoms with van der Waals surface area (Å²) < 4.78 is 162. The second-order valence-corrected chi connectivity index (χ2v) is 9.06. The van der Waals surface area contributed by atoms with Gasteiger partial charge < -0.3 is 35.1 Å². The number of phosphoric ester groups is 1. The van der Waals surface area contributed by atoms with Gasteiger partial charge >= 0.3 is 23.5 Å². The molecule has 3 unspecified atom stereocenters. The van der Waals surface area contributed by atoms with Gasteiger partial charge in [-0.2, -0.15) is 8.62 Å². The average molecular weight is 505 g/mol. The van der Waals surface area contributed by atoms with Gasteiger partial charge in [-0.25, -0.2) is 28.6 Å². The summed E-state index contributed by atoms with van der Waals surface area (Å²) >= 11 is 0. The van der Waals surface area contributed by atoms with Crippen LogP contribution in [0.2, 0.25) is 2.82 Å². The standard InChI is InChI=1S/C10H16N5O12P3/c11-9-8-10(13-3-12-9)15(4-14-8)7-1-5(16)6(25-7)2-24-29(20,21)27-30(22,23)26-28(17,18)19/h3-7,16H,1-2H2,(H,20,21)(H,22,23)(H2,11,12,13)(H2,17,18,19)/t5-,6+,7+/m0/s1/i1D2,2D2,3D,4D,5D,6D,7D,16D/hD4. The van der Waals surface area contributed by atoms with Gasteiger partial charge in [-0.1, -0.05) is 0 Å². The number of hydrogen-bond donors (Lipinski definition) is 6. The number of phosphoric acid groups is 3. The minimum absolute atomic E-state index is 0.0176. The number of ether oxygens (including phenoxy) is 1. The zero-order chi connectivity index (χ0) is 34.1. The van der Waals surface area contributed by atoms with Gasteiger partial charge in [-0.15, -0.1) is 0 Å². The van der Waals surface area contributed by atoms with Gasteiger partial charge in [-0.05, 0) is 0 Å². The number of anilines is 1. The van der Waals surface area contributed by atoms with E-state index >= 15 is 0 Å². The summed E-state index contributed by atoms with van der Waals surface area (Å²) in [5, 5.41) is 3.98. The molecule has 0 spiro atoms. The number of rotatable bonds is 12. The van der Waals surface area contributed by atoms with E-state index in [0.29, 0.717) is 0 Å². The van der Waals surface area contributed by atoms with Crippen LogP contribution in [-0.4, -0.2) is 67.2 Å². The van der Waals surface area contributed by atoms with Gasteiger partial charge in [0.25, 0.3) is 0 Å². The fourth-order valence-electron chi connectivity index (χ4n) is 1.75. The second kappa shape index (κ2) is 8.31. The highest BCUT2D eigenvalue weighted by Gasteiger charge is 2.43. The third-order valence-corrected chi connectivity index (χ3v) is 6.29. The third kappa shape index (κ3) is 5.68. The number of nitrogen functional groups attached to an aromatic ring is 1. The molecule has 3 rings (SSSR count). The quantitative estimate of drug-likeness (QED) is 0.197. The number of imidazole rings is 1. The molecule has 0 radical (unpaired) electrons. The van der Waals surface area contributed by atoms with E-state index in [9.17, 15) is 18.6 Å². The van der Waals surface area contributed by atoms with Crippen molar-refractivity contribution in [1.29, 1.82) is 4.29 Å². The Morgan fingerprint density at radius 1 is 1.40 bits per heavy atom. The molecule has 1 saturated heterocycles. The Bertz CT molecular complexity index is 1600. The van der Waals surface area contributed by atoms with Crippen LogP contribution in [0, 0.1) is 0 Å². The predicted molar refractivity (Wildman–Crippen MR) is 94.1 cm³/mol. The monoisotopic (exact) mass is 505 g/mol. The maximum absolute atomic E-state index is 12.8. The lowest BCUT2D eigenvalue weighted by Gasteiger charge is -2.19. The lowest BCUT2D eigenvalue weighted by molar-refractivity contribution is -0.0423. The lowest BCUT2D eigenvalue weighted by atomic mass is 10.2. The summed E-state index contributed by atoms with van der Waals surface area (Å²) in [5.41, 5.74) is -1.86. The van der Waals surface area contributed by atoms with Crippen molar-refractivity contribution in [2.45, 2.75) is 24.7 Å². The smallest absolute Gasteiger partial charge is 0.390 e. The van der Waals surface area contributed by atoms with Crippen molar-refractivity contribution in [2.75, 3.05) is 12.3 Å². The molecule has 30 heavy (non-hydrogen) atoms. The van der Waals surface area contributed by atoms with E-state index in [2.05, 4.69) is 43.0 Å². The van der Waals surface area contributed by atoms with Crippen LogP contribution in [0.1, 0.15) is 24.9 Å². The summed E-state index contributed by atoms with van der Waals surface area (Å²) in [6.07, 6.45) is -18.8. The SMILES string of the molecule is [2H]O[C@@]1([2H])C([2H])([2H])[C@]([2H])(n2c([2H])nc3c(N([2H])[2H])nc([2H])nc32)O[C@]1([2H])C([2H])([2H])OP(=O)(O[2H])OP(=O)(O)OP(=O)(O)O[2H]. The summed E-state index contributed by atoms with van der Waals surface area (Å²) in [6.45, 7) is -4.52. The van der Waals surface area contributed by atoms with E-state index in [1.54, 1.807) is 0 Å². The van der Waals surface area contributed by atoms with Crippen LogP contribution in [-0.2, 0) is 31.6 Å². The first-order valence-electron chi connectivity index (χ1n) is 13.4. The van der Waals surface area contributed by atoms with E-state index in [0.717, 1.165) is 0 Å². The van der Waals surface area contributed by atoms with E-state index < -0.39 is 84.4 Å². The van der Waals surface area contributed by atoms with Gasteiger partial charge in [0.2, 0.25) is 4.29 Å². The van der Waals surface area contributed by atoms with Crippen molar-refractivity contribution < 1.29 is 71.4 Å². The minimum Gasteiger partial charge on any atom is -0.390 e. The van der Waals surface area contributed by atoms with Crippen LogP contribution >= 0.6 is 23.5 Å². The first-order valence-corrected chi connectivity index (χ1v) is 11.2. The molecule has 2 aromatic rings. The number of fused-ring (bicyclic) bond motifs is 1. The molecule has 2 aromatic heterocycles. The highest BCUT2D eigenvalue weighted by atomic mass is 31.3. The second-order valence-electron chi connectivity index (χ2n) is 4.80. The van der Waals surface area contributed by atoms with Crippen LogP contribution < -0.4 is 5.72 Å². The Morgan fingerprint density at radius 3 is 2.93 bits per heavy atom. The molecule has 0 aliphatic carbocycles. The van der Waals surface area contributed by atoms with E-state index in [4.69, 9.17) is 29.1 Å². The molecule has 1 fully saturated rings. The molecule has 0 bridgehead atoms. The molecular formula is C10H16N5O12P3. The molecule has 168 valence electrons. The van der Waals surface area contributed by atoms with Gasteiger partial charge in [0.15, 0.2) is 14.3 Å². The van der Waals surface area contributed by atoms with E-state index in [1.165, 1.54) is 0 Å². The number of nitrogens with zero attached hydrogens (tertiary/aromatic N) is 4. The molecule has 1 aliphatic rings. The fourth-order valence-corrected chi connectivity index (χ4v) is 4.52. The molecule has 20 heteroatoms. The maximum Gasteiger partial charge on any atom is 0.490 e. The highest BCUT2D eigenvalue weighted by Crippen LogP contribution is 2.66. The maximum atomic E-state index is 12.8. The number of aliphatic hydroxyl groups is 1. The zero-order valence-corrected chi connectivity index (χ0v) is 16.2. The molecular weight excluding hydrogens is 475 g/mol. The average Bonchev–Trinajstić information content (AvgIpc) is 3.26. The molecule has 17 nitrogen and oxygen atoms in total.